The number of nitrogens with zero attached hydrogens (tertiary/aromatic N) is 4. The molecule has 0 spiro atoms. The second kappa shape index (κ2) is 9.35. The van der Waals surface area contributed by atoms with E-state index in [-0.39, 0.29) is 61.4 Å². The van der Waals surface area contributed by atoms with Gasteiger partial charge in [0, 0.05) is 37.0 Å². The Morgan fingerprint density at radius 2 is 2.22 bits per heavy atom. The number of benzene rings is 1. The largest absolute Gasteiger partial charge is 0.365 e. The van der Waals surface area contributed by atoms with Gasteiger partial charge in [0.05, 0.1) is 12.5 Å². The fourth-order valence-electron chi connectivity index (χ4n) is 3.85. The standard InChI is InChI=1S/C20H20F4N6O2/c21-15-2-1-12(17(23)24)7-13(15)8-29-6-4-20(3-5-25,16(22)10-29)30-9-14(18(26)32)19(28-30)27-11-31/h1-2,7,9,11,16-17H,3-4,6,8,10H2,(H2,26,32)(H,27,28,31). The molecule has 2 unspecified atom stereocenters. The molecule has 1 saturated heterocycles. The van der Waals surface area contributed by atoms with Crippen molar-refractivity contribution in [3.05, 3.63) is 46.9 Å². The van der Waals surface area contributed by atoms with E-state index in [1.165, 1.54) is 6.20 Å². The zero-order valence-corrected chi connectivity index (χ0v) is 16.8. The number of nitrogens with two attached hydrogens (primary N) is 1. The number of anilines is 1. The molecule has 0 aliphatic carbocycles. The number of nitrogens with one attached hydrogen (secondary N) is 1. The van der Waals surface area contributed by atoms with Gasteiger partial charge in [0.15, 0.2) is 5.82 Å². The number of halogens is 4. The van der Waals surface area contributed by atoms with Crippen molar-refractivity contribution in [3.8, 4) is 6.07 Å². The van der Waals surface area contributed by atoms with Crippen LogP contribution in [0.15, 0.2) is 24.4 Å². The highest BCUT2D eigenvalue weighted by molar-refractivity contribution is 5.99. The molecule has 2 aromatic rings. The van der Waals surface area contributed by atoms with Gasteiger partial charge in [0.25, 0.3) is 12.3 Å². The smallest absolute Gasteiger partial charge is 0.263 e. The van der Waals surface area contributed by atoms with E-state index in [4.69, 9.17) is 5.73 Å². The number of carbonyl (C=O) groups is 2. The molecule has 1 fully saturated rings. The van der Waals surface area contributed by atoms with Gasteiger partial charge in [-0.05, 0) is 18.6 Å². The van der Waals surface area contributed by atoms with Crippen molar-refractivity contribution in [1.82, 2.24) is 14.7 Å². The maximum absolute atomic E-state index is 15.5. The predicted octanol–water partition coefficient (Wildman–Crippen LogP) is 2.48. The lowest BCUT2D eigenvalue weighted by Crippen LogP contribution is -2.54. The van der Waals surface area contributed by atoms with Gasteiger partial charge in [-0.25, -0.2) is 17.6 Å². The van der Waals surface area contributed by atoms with Gasteiger partial charge in [0.1, 0.15) is 23.1 Å². The Kier molecular flexibility index (Phi) is 6.78. The Bertz CT molecular complexity index is 1050. The highest BCUT2D eigenvalue weighted by Crippen LogP contribution is 2.37. The Labute approximate surface area is 180 Å². The summed E-state index contributed by atoms with van der Waals surface area (Å²) in [4.78, 5) is 24.0. The lowest BCUT2D eigenvalue weighted by molar-refractivity contribution is -0.105. The molecule has 1 aliphatic rings. The molecule has 2 amide bonds. The number of nitriles is 1. The van der Waals surface area contributed by atoms with Gasteiger partial charge in [-0.15, -0.1) is 0 Å². The van der Waals surface area contributed by atoms with Crippen LogP contribution in [0.4, 0.5) is 23.4 Å². The summed E-state index contributed by atoms with van der Waals surface area (Å²) in [7, 11) is 0. The average Bonchev–Trinajstić information content (AvgIpc) is 3.16. The highest BCUT2D eigenvalue weighted by atomic mass is 19.3. The van der Waals surface area contributed by atoms with Crippen molar-refractivity contribution in [2.45, 2.75) is 37.5 Å². The second-order valence-corrected chi connectivity index (χ2v) is 7.51. The minimum absolute atomic E-state index is 0.00959. The van der Waals surface area contributed by atoms with Crippen molar-refractivity contribution >= 4 is 18.1 Å². The third-order valence-electron chi connectivity index (χ3n) is 5.59. The van der Waals surface area contributed by atoms with Crippen LogP contribution in [0.1, 0.15) is 40.8 Å². The summed E-state index contributed by atoms with van der Waals surface area (Å²) >= 11 is 0. The van der Waals surface area contributed by atoms with Gasteiger partial charge in [0.2, 0.25) is 6.41 Å². The number of hydrogen-bond donors (Lipinski definition) is 2. The Balaban J connectivity index is 1.86. The fourth-order valence-corrected chi connectivity index (χ4v) is 3.85. The normalized spacial score (nSPS) is 21.3. The summed E-state index contributed by atoms with van der Waals surface area (Å²) in [5, 5.41) is 15.6. The molecule has 3 rings (SSSR count). The monoisotopic (exact) mass is 452 g/mol. The second-order valence-electron chi connectivity index (χ2n) is 7.51. The molecule has 1 aromatic heterocycles. The number of rotatable bonds is 8. The minimum Gasteiger partial charge on any atom is -0.365 e. The third-order valence-corrected chi connectivity index (χ3v) is 5.59. The minimum atomic E-state index is -2.76. The van der Waals surface area contributed by atoms with E-state index >= 15 is 4.39 Å². The molecule has 170 valence electrons. The van der Waals surface area contributed by atoms with Gasteiger partial charge in [-0.1, -0.05) is 6.07 Å². The quantitative estimate of drug-likeness (QED) is 0.472. The van der Waals surface area contributed by atoms with Gasteiger partial charge in [-0.3, -0.25) is 19.2 Å². The summed E-state index contributed by atoms with van der Waals surface area (Å²) < 4.78 is 56.6. The first-order chi connectivity index (χ1) is 15.2. The molecule has 0 bridgehead atoms. The SMILES string of the molecule is N#CCC1(n2cc(C(N)=O)c(NC=O)n2)CCN(Cc2cc(C(F)F)ccc2F)CC1F. The lowest BCUT2D eigenvalue weighted by Gasteiger charge is -2.43. The summed E-state index contributed by atoms with van der Waals surface area (Å²) in [6.45, 7) is -0.135. The zero-order valence-electron chi connectivity index (χ0n) is 16.8. The van der Waals surface area contributed by atoms with E-state index in [1.807, 2.05) is 6.07 Å². The molecule has 1 aliphatic heterocycles. The molecule has 0 saturated carbocycles. The van der Waals surface area contributed by atoms with E-state index in [2.05, 4.69) is 10.4 Å². The van der Waals surface area contributed by atoms with Crippen LogP contribution >= 0.6 is 0 Å². The molecule has 32 heavy (non-hydrogen) atoms. The maximum atomic E-state index is 15.5. The van der Waals surface area contributed by atoms with Crippen LogP contribution in [0.2, 0.25) is 0 Å². The van der Waals surface area contributed by atoms with E-state index in [9.17, 15) is 28.0 Å². The third kappa shape index (κ3) is 4.43. The molecule has 8 nitrogen and oxygen atoms in total. The van der Waals surface area contributed by atoms with Crippen LogP contribution in [0.5, 0.6) is 0 Å². The maximum Gasteiger partial charge on any atom is 0.263 e. The van der Waals surface area contributed by atoms with Crippen molar-refractivity contribution < 1.29 is 27.2 Å². The molecule has 3 N–H and O–H groups in total. The van der Waals surface area contributed by atoms with Gasteiger partial charge >= 0.3 is 0 Å². The summed E-state index contributed by atoms with van der Waals surface area (Å²) in [5.41, 5.74) is 3.37. The van der Waals surface area contributed by atoms with Crippen LogP contribution in [0.3, 0.4) is 0 Å². The number of piperidine rings is 1. The van der Waals surface area contributed by atoms with E-state index in [0.717, 1.165) is 22.9 Å². The first kappa shape index (κ1) is 23.2. The van der Waals surface area contributed by atoms with Crippen LogP contribution in [-0.2, 0) is 16.9 Å². The molecular weight excluding hydrogens is 432 g/mol. The Morgan fingerprint density at radius 1 is 1.47 bits per heavy atom. The molecule has 1 aromatic carbocycles. The summed E-state index contributed by atoms with van der Waals surface area (Å²) in [5.74, 6) is -1.73. The predicted molar refractivity (Wildman–Crippen MR) is 105 cm³/mol. The van der Waals surface area contributed by atoms with Crippen molar-refractivity contribution in [3.63, 3.8) is 0 Å². The number of primary amides is 1. The number of hydrogen-bond acceptors (Lipinski definition) is 5. The Morgan fingerprint density at radius 3 is 2.81 bits per heavy atom. The van der Waals surface area contributed by atoms with E-state index in [1.54, 1.807) is 4.90 Å². The topological polar surface area (TPSA) is 117 Å². The van der Waals surface area contributed by atoms with E-state index < -0.39 is 29.9 Å². The van der Waals surface area contributed by atoms with E-state index in [0.29, 0.717) is 0 Å². The molecule has 2 heterocycles. The first-order valence-electron chi connectivity index (χ1n) is 9.62. The highest BCUT2D eigenvalue weighted by Gasteiger charge is 2.46. The lowest BCUT2D eigenvalue weighted by atomic mass is 9.83. The molecule has 0 radical (unpaired) electrons. The molecule has 2 atom stereocenters. The van der Waals surface area contributed by atoms with Crippen LogP contribution in [-0.4, -0.2) is 46.3 Å². The summed E-state index contributed by atoms with van der Waals surface area (Å²) in [6, 6.07) is 4.92. The van der Waals surface area contributed by atoms with Crippen molar-refractivity contribution in [2.75, 3.05) is 18.4 Å². The number of alkyl halides is 3. The number of carbonyl (C=O) groups excluding carboxylic acids is 2. The van der Waals surface area contributed by atoms with Gasteiger partial charge < -0.3 is 11.1 Å². The van der Waals surface area contributed by atoms with Crippen molar-refractivity contribution in [1.29, 1.82) is 5.26 Å². The molecule has 12 heteroatoms. The summed E-state index contributed by atoms with van der Waals surface area (Å²) in [6.07, 6.45) is -3.22. The number of aromatic nitrogens is 2. The number of amides is 2. The first-order valence-corrected chi connectivity index (χ1v) is 9.62. The zero-order chi connectivity index (χ0) is 23.5. The average molecular weight is 452 g/mol. The molecular formula is C20H20F4N6O2. The number of likely N-dealkylation sites (tertiary alicyclic amines) is 1. The Hall–Kier alpha value is -3.46. The van der Waals surface area contributed by atoms with Crippen LogP contribution in [0, 0.1) is 17.1 Å². The van der Waals surface area contributed by atoms with Crippen LogP contribution in [0.25, 0.3) is 0 Å². The van der Waals surface area contributed by atoms with Crippen molar-refractivity contribution in [2.24, 2.45) is 5.73 Å². The van der Waals surface area contributed by atoms with Crippen LogP contribution < -0.4 is 11.1 Å². The fraction of sp³-hybridized carbons (Fsp3) is 0.400. The van der Waals surface area contributed by atoms with Gasteiger partial charge in [-0.2, -0.15) is 10.4 Å².